The molecule has 0 aliphatic carbocycles. The lowest BCUT2D eigenvalue weighted by Gasteiger charge is -2.16. The van der Waals surface area contributed by atoms with Gasteiger partial charge in [-0.15, -0.1) is 0 Å². The van der Waals surface area contributed by atoms with E-state index in [4.69, 9.17) is 5.73 Å². The largest absolute Gasteiger partial charge is 0.356 e. The van der Waals surface area contributed by atoms with Gasteiger partial charge in [-0.3, -0.25) is 9.78 Å². The van der Waals surface area contributed by atoms with Gasteiger partial charge in [0.2, 0.25) is 5.91 Å². The van der Waals surface area contributed by atoms with Gasteiger partial charge in [-0.25, -0.2) is 0 Å². The molecule has 0 fully saturated rings. The Labute approximate surface area is 133 Å². The summed E-state index contributed by atoms with van der Waals surface area (Å²) in [6.07, 6.45) is 3.30. The van der Waals surface area contributed by atoms with Gasteiger partial charge < -0.3 is 11.1 Å². The van der Waals surface area contributed by atoms with Crippen LogP contribution in [0.3, 0.4) is 0 Å². The van der Waals surface area contributed by atoms with E-state index in [1.54, 1.807) is 6.20 Å². The van der Waals surface area contributed by atoms with E-state index in [2.05, 4.69) is 26.2 Å². The van der Waals surface area contributed by atoms with Gasteiger partial charge in [0.15, 0.2) is 0 Å². The van der Waals surface area contributed by atoms with Crippen LogP contribution in [0.1, 0.15) is 18.9 Å². The molecule has 3 N–H and O–H groups in total. The molecule has 2 aromatic rings. The van der Waals surface area contributed by atoms with E-state index in [-0.39, 0.29) is 11.8 Å². The summed E-state index contributed by atoms with van der Waals surface area (Å²) in [6.45, 7) is 3.05. The molecule has 2 rings (SSSR count). The molecule has 1 aromatic carbocycles. The van der Waals surface area contributed by atoms with Crippen molar-refractivity contribution < 1.29 is 4.79 Å². The average Bonchev–Trinajstić information content (AvgIpc) is 2.52. The number of nitrogens with one attached hydrogen (secondary N) is 1. The molecule has 5 heteroatoms. The maximum absolute atomic E-state index is 12.1. The molecule has 0 saturated carbocycles. The number of pyridine rings is 1. The number of benzene rings is 1. The Morgan fingerprint density at radius 2 is 2.24 bits per heavy atom. The number of halogens is 1. The SMILES string of the molecule is CCCNC(=O)C(CN)Cc1ccc(Br)c2cccnc12. The topological polar surface area (TPSA) is 68.0 Å². The summed E-state index contributed by atoms with van der Waals surface area (Å²) in [5.74, 6) is -0.200. The number of hydrogen-bond donors (Lipinski definition) is 2. The number of amides is 1. The first-order valence-electron chi connectivity index (χ1n) is 7.17. The van der Waals surface area contributed by atoms with Crippen LogP contribution < -0.4 is 11.1 Å². The molecule has 0 aliphatic heterocycles. The summed E-state index contributed by atoms with van der Waals surface area (Å²) in [5, 5.41) is 3.97. The summed E-state index contributed by atoms with van der Waals surface area (Å²) < 4.78 is 1.01. The van der Waals surface area contributed by atoms with Crippen LogP contribution in [-0.4, -0.2) is 24.0 Å². The van der Waals surface area contributed by atoms with E-state index in [0.29, 0.717) is 19.5 Å². The Kier molecular flexibility index (Phi) is 5.70. The Hall–Kier alpha value is -1.46. The van der Waals surface area contributed by atoms with Crippen molar-refractivity contribution in [3.8, 4) is 0 Å². The second kappa shape index (κ2) is 7.52. The van der Waals surface area contributed by atoms with E-state index < -0.39 is 0 Å². The van der Waals surface area contributed by atoms with Crippen LogP contribution in [0.2, 0.25) is 0 Å². The van der Waals surface area contributed by atoms with Crippen LogP contribution in [0.5, 0.6) is 0 Å². The lowest BCUT2D eigenvalue weighted by atomic mass is 9.96. The first-order valence-corrected chi connectivity index (χ1v) is 7.96. The summed E-state index contributed by atoms with van der Waals surface area (Å²) in [4.78, 5) is 16.6. The molecular formula is C16H20BrN3O. The predicted octanol–water partition coefficient (Wildman–Crippen LogP) is 2.64. The van der Waals surface area contributed by atoms with Crippen molar-refractivity contribution in [2.75, 3.05) is 13.1 Å². The Morgan fingerprint density at radius 3 is 2.95 bits per heavy atom. The summed E-state index contributed by atoms with van der Waals surface area (Å²) in [5.41, 5.74) is 7.75. The molecule has 112 valence electrons. The molecule has 1 aromatic heterocycles. The third kappa shape index (κ3) is 3.80. The van der Waals surface area contributed by atoms with E-state index >= 15 is 0 Å². The van der Waals surface area contributed by atoms with Crippen molar-refractivity contribution in [2.24, 2.45) is 11.7 Å². The first kappa shape index (κ1) is 15.9. The highest BCUT2D eigenvalue weighted by molar-refractivity contribution is 9.10. The quantitative estimate of drug-likeness (QED) is 0.842. The number of fused-ring (bicyclic) bond motifs is 1. The number of nitrogens with zero attached hydrogens (tertiary/aromatic N) is 1. The highest BCUT2D eigenvalue weighted by Gasteiger charge is 2.18. The molecule has 1 atom stereocenters. The molecule has 4 nitrogen and oxygen atoms in total. The maximum atomic E-state index is 12.1. The van der Waals surface area contributed by atoms with E-state index in [1.807, 2.05) is 31.2 Å². The highest BCUT2D eigenvalue weighted by Crippen LogP contribution is 2.26. The second-order valence-corrected chi connectivity index (χ2v) is 5.89. The van der Waals surface area contributed by atoms with E-state index in [9.17, 15) is 4.79 Å². The summed E-state index contributed by atoms with van der Waals surface area (Å²) >= 11 is 3.53. The number of rotatable bonds is 6. The lowest BCUT2D eigenvalue weighted by molar-refractivity contribution is -0.124. The van der Waals surface area contributed by atoms with Gasteiger partial charge in [-0.2, -0.15) is 0 Å². The maximum Gasteiger partial charge on any atom is 0.224 e. The smallest absolute Gasteiger partial charge is 0.224 e. The van der Waals surface area contributed by atoms with Crippen LogP contribution in [0.15, 0.2) is 34.9 Å². The van der Waals surface area contributed by atoms with Crippen molar-refractivity contribution in [1.82, 2.24) is 10.3 Å². The minimum absolute atomic E-state index is 0.0198. The van der Waals surface area contributed by atoms with Crippen LogP contribution in [0.4, 0.5) is 0 Å². The van der Waals surface area contributed by atoms with Gasteiger partial charge in [-0.1, -0.05) is 35.0 Å². The number of hydrogen-bond acceptors (Lipinski definition) is 3. The fourth-order valence-electron chi connectivity index (χ4n) is 2.30. The molecular weight excluding hydrogens is 330 g/mol. The molecule has 0 spiro atoms. The number of nitrogens with two attached hydrogens (primary N) is 1. The van der Waals surface area contributed by atoms with E-state index in [1.165, 1.54) is 0 Å². The minimum atomic E-state index is -0.220. The fraction of sp³-hybridized carbons (Fsp3) is 0.375. The standard InChI is InChI=1S/C16H20BrN3O/c1-2-7-20-16(21)12(10-18)9-11-5-6-14(17)13-4-3-8-19-15(11)13/h3-6,8,12H,2,7,9-10,18H2,1H3,(H,20,21). The molecule has 0 saturated heterocycles. The zero-order chi connectivity index (χ0) is 15.2. The average molecular weight is 350 g/mol. The summed E-state index contributed by atoms with van der Waals surface area (Å²) in [7, 11) is 0. The normalized spacial score (nSPS) is 12.3. The molecule has 1 heterocycles. The van der Waals surface area contributed by atoms with Gasteiger partial charge in [0.25, 0.3) is 0 Å². The fourth-order valence-corrected chi connectivity index (χ4v) is 2.75. The number of carbonyl (C=O) groups is 1. The zero-order valence-electron chi connectivity index (χ0n) is 12.1. The third-order valence-electron chi connectivity index (χ3n) is 3.47. The van der Waals surface area contributed by atoms with Gasteiger partial charge in [-0.05, 0) is 30.5 Å². The minimum Gasteiger partial charge on any atom is -0.356 e. The van der Waals surface area contributed by atoms with E-state index in [0.717, 1.165) is 27.4 Å². The molecule has 1 amide bonds. The van der Waals surface area contributed by atoms with Crippen molar-refractivity contribution >= 4 is 32.7 Å². The predicted molar refractivity (Wildman–Crippen MR) is 89.0 cm³/mol. The second-order valence-electron chi connectivity index (χ2n) is 5.03. The third-order valence-corrected chi connectivity index (χ3v) is 4.16. The molecule has 0 radical (unpaired) electrons. The van der Waals surface area contributed by atoms with Gasteiger partial charge in [0, 0.05) is 29.1 Å². The van der Waals surface area contributed by atoms with Crippen LogP contribution >= 0.6 is 15.9 Å². The van der Waals surface area contributed by atoms with Crippen molar-refractivity contribution in [1.29, 1.82) is 0 Å². The molecule has 1 unspecified atom stereocenters. The molecule has 21 heavy (non-hydrogen) atoms. The first-order chi connectivity index (χ1) is 10.2. The zero-order valence-corrected chi connectivity index (χ0v) is 13.7. The van der Waals surface area contributed by atoms with Crippen LogP contribution in [0.25, 0.3) is 10.9 Å². The molecule has 0 aliphatic rings. The van der Waals surface area contributed by atoms with Crippen LogP contribution in [-0.2, 0) is 11.2 Å². The lowest BCUT2D eigenvalue weighted by Crippen LogP contribution is -2.36. The molecule has 0 bridgehead atoms. The number of carbonyl (C=O) groups excluding carboxylic acids is 1. The van der Waals surface area contributed by atoms with Crippen LogP contribution in [0, 0.1) is 5.92 Å². The number of aromatic nitrogens is 1. The summed E-state index contributed by atoms with van der Waals surface area (Å²) in [6, 6.07) is 7.93. The van der Waals surface area contributed by atoms with Crippen molar-refractivity contribution in [3.05, 3.63) is 40.5 Å². The Morgan fingerprint density at radius 1 is 1.43 bits per heavy atom. The van der Waals surface area contributed by atoms with Crippen molar-refractivity contribution in [3.63, 3.8) is 0 Å². The van der Waals surface area contributed by atoms with Crippen molar-refractivity contribution in [2.45, 2.75) is 19.8 Å². The van der Waals surface area contributed by atoms with Gasteiger partial charge in [0.05, 0.1) is 11.4 Å². The Bertz CT molecular complexity index is 630. The van der Waals surface area contributed by atoms with Gasteiger partial charge in [0.1, 0.15) is 0 Å². The Balaban J connectivity index is 2.26. The monoisotopic (exact) mass is 349 g/mol. The van der Waals surface area contributed by atoms with Gasteiger partial charge >= 0.3 is 0 Å². The highest BCUT2D eigenvalue weighted by atomic mass is 79.9.